The van der Waals surface area contributed by atoms with Crippen molar-refractivity contribution < 1.29 is 9.53 Å². The molecule has 1 rings (SSSR count). The zero-order chi connectivity index (χ0) is 13.8. The molecule has 0 aliphatic heterocycles. The summed E-state index contributed by atoms with van der Waals surface area (Å²) in [6.45, 7) is 10.1. The van der Waals surface area contributed by atoms with Gasteiger partial charge in [-0.05, 0) is 44.4 Å². The minimum atomic E-state index is -0.430. The van der Waals surface area contributed by atoms with E-state index >= 15 is 0 Å². The van der Waals surface area contributed by atoms with Crippen molar-refractivity contribution in [2.24, 2.45) is 0 Å². The van der Waals surface area contributed by atoms with Crippen molar-refractivity contribution in [1.82, 2.24) is 0 Å². The minimum absolute atomic E-state index is 0.193. The van der Waals surface area contributed by atoms with E-state index in [0.717, 1.165) is 5.69 Å². The highest BCUT2D eigenvalue weighted by atomic mass is 16.6. The molecule has 0 aliphatic rings. The summed E-state index contributed by atoms with van der Waals surface area (Å²) in [6, 6.07) is 8.11. The van der Waals surface area contributed by atoms with Crippen LogP contribution in [0.25, 0.3) is 0 Å². The summed E-state index contributed by atoms with van der Waals surface area (Å²) in [5, 5.41) is 3.06. The summed E-state index contributed by atoms with van der Waals surface area (Å²) in [5.74, 6) is 0.278. The number of hydrogen-bond acceptors (Lipinski definition) is 3. The molecule has 0 bridgehead atoms. The second-order valence-corrected chi connectivity index (χ2v) is 5.72. The number of nitrogens with one attached hydrogen (secondary N) is 1. The van der Waals surface area contributed by atoms with Gasteiger partial charge in [-0.25, -0.2) is 0 Å². The Bertz CT molecular complexity index is 388. The van der Waals surface area contributed by atoms with Crippen molar-refractivity contribution in [3.05, 3.63) is 29.8 Å². The third-order valence-electron chi connectivity index (χ3n) is 2.43. The van der Waals surface area contributed by atoms with Crippen LogP contribution in [0.2, 0.25) is 0 Å². The van der Waals surface area contributed by atoms with Crippen LogP contribution in [0.1, 0.15) is 46.1 Å². The molecule has 0 spiro atoms. The zero-order valence-corrected chi connectivity index (χ0v) is 11.9. The Morgan fingerprint density at radius 2 is 1.78 bits per heavy atom. The van der Waals surface area contributed by atoms with E-state index in [1.807, 2.05) is 32.9 Å². The Hall–Kier alpha value is -1.51. The summed E-state index contributed by atoms with van der Waals surface area (Å²) in [6.07, 6.45) is 0. The fourth-order valence-corrected chi connectivity index (χ4v) is 1.54. The Morgan fingerprint density at radius 1 is 1.22 bits per heavy atom. The normalized spacial score (nSPS) is 11.4. The van der Waals surface area contributed by atoms with E-state index in [9.17, 15) is 4.79 Å². The van der Waals surface area contributed by atoms with E-state index in [-0.39, 0.29) is 12.5 Å². The number of esters is 1. The predicted molar refractivity (Wildman–Crippen MR) is 74.9 cm³/mol. The van der Waals surface area contributed by atoms with Crippen molar-refractivity contribution in [3.63, 3.8) is 0 Å². The van der Waals surface area contributed by atoms with Crippen LogP contribution in [-0.4, -0.2) is 18.1 Å². The largest absolute Gasteiger partial charge is 0.459 e. The molecule has 18 heavy (non-hydrogen) atoms. The third-order valence-corrected chi connectivity index (χ3v) is 2.43. The minimum Gasteiger partial charge on any atom is -0.459 e. The van der Waals surface area contributed by atoms with E-state index < -0.39 is 5.60 Å². The summed E-state index contributed by atoms with van der Waals surface area (Å²) < 4.78 is 5.22. The van der Waals surface area contributed by atoms with Gasteiger partial charge in [0.15, 0.2) is 0 Å². The van der Waals surface area contributed by atoms with E-state index in [1.54, 1.807) is 0 Å². The van der Waals surface area contributed by atoms with Gasteiger partial charge < -0.3 is 10.1 Å². The average Bonchev–Trinajstić information content (AvgIpc) is 2.24. The van der Waals surface area contributed by atoms with Gasteiger partial charge in [0.25, 0.3) is 0 Å². The topological polar surface area (TPSA) is 38.3 Å². The van der Waals surface area contributed by atoms with Gasteiger partial charge in [-0.3, -0.25) is 4.79 Å². The molecule has 0 atom stereocenters. The predicted octanol–water partition coefficient (Wildman–Crippen LogP) is 3.56. The summed E-state index contributed by atoms with van der Waals surface area (Å²) in [4.78, 5) is 11.5. The molecule has 0 saturated carbocycles. The molecule has 1 aromatic rings. The van der Waals surface area contributed by atoms with Crippen LogP contribution in [0.15, 0.2) is 24.3 Å². The molecule has 0 fully saturated rings. The fraction of sp³-hybridized carbons (Fsp3) is 0.533. The number of ether oxygens (including phenoxy) is 1. The Labute approximate surface area is 110 Å². The van der Waals surface area contributed by atoms with Crippen LogP contribution < -0.4 is 5.32 Å². The van der Waals surface area contributed by atoms with Crippen LogP contribution in [0.3, 0.4) is 0 Å². The molecule has 0 unspecified atom stereocenters. The SMILES string of the molecule is CC(C)c1ccc(NCC(=O)OC(C)(C)C)cc1. The second kappa shape index (κ2) is 5.89. The Morgan fingerprint density at radius 3 is 2.22 bits per heavy atom. The summed E-state index contributed by atoms with van der Waals surface area (Å²) >= 11 is 0. The number of benzene rings is 1. The molecule has 3 nitrogen and oxygen atoms in total. The number of anilines is 1. The van der Waals surface area contributed by atoms with Gasteiger partial charge in [-0.2, -0.15) is 0 Å². The van der Waals surface area contributed by atoms with Gasteiger partial charge in [-0.1, -0.05) is 26.0 Å². The lowest BCUT2D eigenvalue weighted by Gasteiger charge is -2.19. The quantitative estimate of drug-likeness (QED) is 0.829. The van der Waals surface area contributed by atoms with Crippen molar-refractivity contribution in [1.29, 1.82) is 0 Å². The maximum absolute atomic E-state index is 11.5. The first-order chi connectivity index (χ1) is 8.28. The summed E-state index contributed by atoms with van der Waals surface area (Å²) in [5.41, 5.74) is 1.79. The van der Waals surface area contributed by atoms with Crippen LogP contribution >= 0.6 is 0 Å². The molecular weight excluding hydrogens is 226 g/mol. The molecule has 100 valence electrons. The third kappa shape index (κ3) is 5.21. The highest BCUT2D eigenvalue weighted by Crippen LogP contribution is 2.17. The lowest BCUT2D eigenvalue weighted by Crippen LogP contribution is -2.28. The number of hydrogen-bond donors (Lipinski definition) is 1. The Kier molecular flexibility index (Phi) is 4.76. The highest BCUT2D eigenvalue weighted by molar-refractivity contribution is 5.75. The first-order valence-corrected chi connectivity index (χ1v) is 6.33. The monoisotopic (exact) mass is 249 g/mol. The average molecular weight is 249 g/mol. The maximum atomic E-state index is 11.5. The molecule has 0 heterocycles. The van der Waals surface area contributed by atoms with Gasteiger partial charge in [-0.15, -0.1) is 0 Å². The molecule has 0 amide bonds. The summed E-state index contributed by atoms with van der Waals surface area (Å²) in [7, 11) is 0. The van der Waals surface area contributed by atoms with Crippen molar-refractivity contribution in [2.75, 3.05) is 11.9 Å². The first kappa shape index (κ1) is 14.6. The Balaban J connectivity index is 2.46. The van der Waals surface area contributed by atoms with E-state index in [1.165, 1.54) is 5.56 Å². The number of carbonyl (C=O) groups is 1. The van der Waals surface area contributed by atoms with E-state index in [4.69, 9.17) is 4.74 Å². The van der Waals surface area contributed by atoms with Crippen LogP contribution in [0, 0.1) is 0 Å². The molecule has 0 aromatic heterocycles. The van der Waals surface area contributed by atoms with Crippen LogP contribution in [0.5, 0.6) is 0 Å². The molecular formula is C15H23NO2. The maximum Gasteiger partial charge on any atom is 0.325 e. The molecule has 1 aromatic carbocycles. The van der Waals surface area contributed by atoms with Gasteiger partial charge >= 0.3 is 5.97 Å². The standard InChI is InChI=1S/C15H23NO2/c1-11(2)12-6-8-13(9-7-12)16-10-14(17)18-15(3,4)5/h6-9,11,16H,10H2,1-5H3. The van der Waals surface area contributed by atoms with Gasteiger partial charge in [0.05, 0.1) is 0 Å². The highest BCUT2D eigenvalue weighted by Gasteiger charge is 2.15. The van der Waals surface area contributed by atoms with E-state index in [0.29, 0.717) is 5.92 Å². The number of rotatable bonds is 4. The number of carbonyl (C=O) groups excluding carboxylic acids is 1. The molecule has 0 aliphatic carbocycles. The van der Waals surface area contributed by atoms with Crippen LogP contribution in [-0.2, 0) is 9.53 Å². The van der Waals surface area contributed by atoms with E-state index in [2.05, 4.69) is 31.3 Å². The first-order valence-electron chi connectivity index (χ1n) is 6.33. The van der Waals surface area contributed by atoms with Crippen molar-refractivity contribution in [2.45, 2.75) is 46.1 Å². The van der Waals surface area contributed by atoms with Crippen molar-refractivity contribution in [3.8, 4) is 0 Å². The van der Waals surface area contributed by atoms with Gasteiger partial charge in [0.1, 0.15) is 12.1 Å². The zero-order valence-electron chi connectivity index (χ0n) is 11.9. The second-order valence-electron chi connectivity index (χ2n) is 5.72. The lowest BCUT2D eigenvalue weighted by atomic mass is 10.0. The lowest BCUT2D eigenvalue weighted by molar-refractivity contribution is -0.152. The smallest absolute Gasteiger partial charge is 0.325 e. The van der Waals surface area contributed by atoms with Gasteiger partial charge in [0, 0.05) is 5.69 Å². The van der Waals surface area contributed by atoms with Gasteiger partial charge in [0.2, 0.25) is 0 Å². The molecule has 1 N–H and O–H groups in total. The van der Waals surface area contributed by atoms with Crippen molar-refractivity contribution >= 4 is 11.7 Å². The van der Waals surface area contributed by atoms with Crippen LogP contribution in [0.4, 0.5) is 5.69 Å². The molecule has 0 saturated heterocycles. The molecule has 0 radical (unpaired) electrons. The fourth-order valence-electron chi connectivity index (χ4n) is 1.54. The molecule has 3 heteroatoms.